The smallest absolute Gasteiger partial charge is 0.329 e. The largest absolute Gasteiger partial charge is 0.416 e. The lowest BCUT2D eigenvalue weighted by Crippen LogP contribution is -2.49. The summed E-state index contributed by atoms with van der Waals surface area (Å²) in [5.74, 6) is -1.74. The van der Waals surface area contributed by atoms with Crippen molar-refractivity contribution in [2.24, 2.45) is 0 Å². The van der Waals surface area contributed by atoms with Crippen LogP contribution in [0.5, 0.6) is 0 Å². The molecule has 1 amide bonds. The third-order valence-corrected chi connectivity index (χ3v) is 4.10. The van der Waals surface area contributed by atoms with E-state index in [1.165, 1.54) is 4.90 Å². The van der Waals surface area contributed by atoms with Gasteiger partial charge >= 0.3 is 6.18 Å². The zero-order chi connectivity index (χ0) is 18.0. The van der Waals surface area contributed by atoms with Gasteiger partial charge in [-0.1, -0.05) is 6.07 Å². The van der Waals surface area contributed by atoms with Gasteiger partial charge in [0, 0.05) is 32.0 Å². The van der Waals surface area contributed by atoms with Gasteiger partial charge in [0.1, 0.15) is 5.82 Å². The highest BCUT2D eigenvalue weighted by Crippen LogP contribution is 2.31. The number of rotatable bonds is 2. The molecule has 25 heavy (non-hydrogen) atoms. The highest BCUT2D eigenvalue weighted by Gasteiger charge is 2.34. The molecule has 3 rings (SSSR count). The molecule has 1 unspecified atom stereocenters. The summed E-state index contributed by atoms with van der Waals surface area (Å²) in [6.45, 7) is 1.15. The molecular formula is C17H15F4N3O. The lowest BCUT2D eigenvalue weighted by atomic mass is 10.0. The average Bonchev–Trinajstić information content (AvgIpc) is 2.61. The second-order valence-corrected chi connectivity index (χ2v) is 5.70. The Kier molecular flexibility index (Phi) is 4.71. The molecule has 1 fully saturated rings. The number of carbonyl (C=O) groups is 1. The Labute approximate surface area is 141 Å². The van der Waals surface area contributed by atoms with Crippen molar-refractivity contribution in [2.45, 2.75) is 12.2 Å². The third-order valence-electron chi connectivity index (χ3n) is 4.10. The molecule has 2 heterocycles. The summed E-state index contributed by atoms with van der Waals surface area (Å²) < 4.78 is 52.7. The van der Waals surface area contributed by atoms with Crippen LogP contribution in [-0.4, -0.2) is 35.4 Å². The fraction of sp³-hybridized carbons (Fsp3) is 0.294. The van der Waals surface area contributed by atoms with E-state index >= 15 is 0 Å². The number of hydrogen-bond donors (Lipinski definition) is 1. The van der Waals surface area contributed by atoms with E-state index in [-0.39, 0.29) is 6.54 Å². The van der Waals surface area contributed by atoms with Crippen molar-refractivity contribution in [3.63, 3.8) is 0 Å². The Hall–Kier alpha value is -2.48. The fourth-order valence-corrected chi connectivity index (χ4v) is 2.84. The number of nitrogens with one attached hydrogen (secondary N) is 1. The summed E-state index contributed by atoms with van der Waals surface area (Å²) in [6.07, 6.45) is -1.48. The van der Waals surface area contributed by atoms with Crippen LogP contribution in [0.2, 0.25) is 0 Å². The number of alkyl halides is 3. The average molecular weight is 353 g/mol. The third kappa shape index (κ3) is 3.63. The van der Waals surface area contributed by atoms with Crippen molar-refractivity contribution >= 4 is 5.91 Å². The van der Waals surface area contributed by atoms with Gasteiger partial charge in [0.2, 0.25) is 0 Å². The van der Waals surface area contributed by atoms with Gasteiger partial charge in [0.05, 0.1) is 17.2 Å². The molecule has 132 valence electrons. The molecule has 0 bridgehead atoms. The van der Waals surface area contributed by atoms with Crippen molar-refractivity contribution in [3.05, 3.63) is 65.2 Å². The van der Waals surface area contributed by atoms with Crippen LogP contribution in [0, 0.1) is 5.82 Å². The van der Waals surface area contributed by atoms with Gasteiger partial charge in [0.25, 0.3) is 5.91 Å². The van der Waals surface area contributed by atoms with E-state index in [0.29, 0.717) is 31.3 Å². The number of nitrogens with zero attached hydrogens (tertiary/aromatic N) is 2. The zero-order valence-corrected chi connectivity index (χ0v) is 13.1. The number of carbonyl (C=O) groups excluding carboxylic acids is 1. The van der Waals surface area contributed by atoms with Gasteiger partial charge in [-0.3, -0.25) is 9.78 Å². The fourth-order valence-electron chi connectivity index (χ4n) is 2.84. The Bertz CT molecular complexity index is 764. The molecule has 1 aromatic carbocycles. The van der Waals surface area contributed by atoms with E-state index in [1.807, 2.05) is 0 Å². The van der Waals surface area contributed by atoms with E-state index in [9.17, 15) is 22.4 Å². The summed E-state index contributed by atoms with van der Waals surface area (Å²) >= 11 is 0. The summed E-state index contributed by atoms with van der Waals surface area (Å²) in [7, 11) is 0. The summed E-state index contributed by atoms with van der Waals surface area (Å²) in [5, 5.41) is 3.12. The standard InChI is InChI=1S/C17H15F4N3O/c18-14-4-3-12(17(19,20)21)8-13(14)16(25)24-7-6-23-10-15(24)11-2-1-5-22-9-11/h1-5,8-9,15,23H,6-7,10H2. The normalized spacial score (nSPS) is 18.2. The lowest BCUT2D eigenvalue weighted by molar-refractivity contribution is -0.137. The first-order valence-electron chi connectivity index (χ1n) is 7.66. The number of pyridine rings is 1. The van der Waals surface area contributed by atoms with Gasteiger partial charge in [-0.05, 0) is 29.8 Å². The molecule has 0 spiro atoms. The molecule has 8 heteroatoms. The first-order chi connectivity index (χ1) is 11.9. The number of amides is 1. The predicted octanol–water partition coefficient (Wildman–Crippen LogP) is 3.03. The SMILES string of the molecule is O=C(c1cc(C(F)(F)F)ccc1F)N1CCNCC1c1cccnc1. The van der Waals surface area contributed by atoms with Crippen molar-refractivity contribution in [3.8, 4) is 0 Å². The van der Waals surface area contributed by atoms with E-state index in [2.05, 4.69) is 10.3 Å². The van der Waals surface area contributed by atoms with Crippen LogP contribution in [0.25, 0.3) is 0 Å². The number of halogens is 4. The minimum absolute atomic E-state index is 0.258. The van der Waals surface area contributed by atoms with Crippen LogP contribution in [0.1, 0.15) is 27.5 Å². The minimum atomic E-state index is -4.64. The molecule has 1 aromatic heterocycles. The van der Waals surface area contributed by atoms with Crippen molar-refractivity contribution in [1.82, 2.24) is 15.2 Å². The minimum Gasteiger partial charge on any atom is -0.329 e. The van der Waals surface area contributed by atoms with Gasteiger partial charge in [-0.2, -0.15) is 13.2 Å². The lowest BCUT2D eigenvalue weighted by Gasteiger charge is -2.36. The molecule has 0 aliphatic carbocycles. The van der Waals surface area contributed by atoms with Crippen molar-refractivity contribution in [2.75, 3.05) is 19.6 Å². The van der Waals surface area contributed by atoms with Crippen LogP contribution in [-0.2, 0) is 6.18 Å². The van der Waals surface area contributed by atoms with Crippen LogP contribution in [0.15, 0.2) is 42.7 Å². The number of hydrogen-bond acceptors (Lipinski definition) is 3. The molecule has 1 saturated heterocycles. The van der Waals surface area contributed by atoms with E-state index in [1.54, 1.807) is 24.5 Å². The highest BCUT2D eigenvalue weighted by atomic mass is 19.4. The van der Waals surface area contributed by atoms with Crippen molar-refractivity contribution in [1.29, 1.82) is 0 Å². The van der Waals surface area contributed by atoms with Gasteiger partial charge < -0.3 is 10.2 Å². The monoisotopic (exact) mass is 353 g/mol. The molecule has 2 aromatic rings. The molecule has 1 N–H and O–H groups in total. The second kappa shape index (κ2) is 6.79. The van der Waals surface area contributed by atoms with Crippen LogP contribution in [0.4, 0.5) is 17.6 Å². The van der Waals surface area contributed by atoms with Gasteiger partial charge in [-0.25, -0.2) is 4.39 Å². The van der Waals surface area contributed by atoms with Gasteiger partial charge in [-0.15, -0.1) is 0 Å². The molecule has 1 atom stereocenters. The second-order valence-electron chi connectivity index (χ2n) is 5.70. The zero-order valence-electron chi connectivity index (χ0n) is 13.1. The van der Waals surface area contributed by atoms with Crippen LogP contribution < -0.4 is 5.32 Å². The topological polar surface area (TPSA) is 45.2 Å². The van der Waals surface area contributed by atoms with Gasteiger partial charge in [0.15, 0.2) is 0 Å². The number of aromatic nitrogens is 1. The van der Waals surface area contributed by atoms with E-state index < -0.39 is 35.1 Å². The molecule has 0 radical (unpaired) electrons. The Morgan fingerprint density at radius 1 is 1.28 bits per heavy atom. The molecule has 1 aliphatic rings. The summed E-state index contributed by atoms with van der Waals surface area (Å²) in [6, 6.07) is 4.92. The van der Waals surface area contributed by atoms with Crippen LogP contribution >= 0.6 is 0 Å². The Balaban J connectivity index is 1.96. The maximum absolute atomic E-state index is 14.0. The predicted molar refractivity (Wildman–Crippen MR) is 82.3 cm³/mol. The molecule has 0 saturated carbocycles. The first kappa shape index (κ1) is 17.3. The highest BCUT2D eigenvalue weighted by molar-refractivity contribution is 5.95. The van der Waals surface area contributed by atoms with Crippen LogP contribution in [0.3, 0.4) is 0 Å². The molecular weight excluding hydrogens is 338 g/mol. The Morgan fingerprint density at radius 2 is 2.08 bits per heavy atom. The summed E-state index contributed by atoms with van der Waals surface area (Å²) in [5.41, 5.74) is -0.897. The quantitative estimate of drug-likeness (QED) is 0.845. The van der Waals surface area contributed by atoms with E-state index in [0.717, 1.165) is 5.56 Å². The maximum atomic E-state index is 14.0. The Morgan fingerprint density at radius 3 is 2.76 bits per heavy atom. The van der Waals surface area contributed by atoms with Crippen molar-refractivity contribution < 1.29 is 22.4 Å². The molecule has 4 nitrogen and oxygen atoms in total. The number of benzene rings is 1. The maximum Gasteiger partial charge on any atom is 0.416 e. The summed E-state index contributed by atoms with van der Waals surface area (Å²) in [4.78, 5) is 18.1. The van der Waals surface area contributed by atoms with E-state index in [4.69, 9.17) is 0 Å². The first-order valence-corrected chi connectivity index (χ1v) is 7.66. The molecule has 1 aliphatic heterocycles. The number of piperazine rings is 1.